The molecule has 2 aliphatic rings. The molecule has 0 aliphatic carbocycles. The van der Waals surface area contributed by atoms with E-state index in [0.717, 1.165) is 35.3 Å². The fourth-order valence-electron chi connectivity index (χ4n) is 2.61. The van der Waals surface area contributed by atoms with E-state index < -0.39 is 0 Å². The Kier molecular flexibility index (Phi) is 2.94. The minimum Gasteiger partial charge on any atom is -0.320 e. The monoisotopic (exact) mass is 343 g/mol. The molecule has 0 aromatic carbocycles. The van der Waals surface area contributed by atoms with Gasteiger partial charge in [0.05, 0.1) is 6.04 Å². The van der Waals surface area contributed by atoms with Crippen molar-refractivity contribution in [1.82, 2.24) is 9.88 Å². The lowest BCUT2D eigenvalue weighted by Gasteiger charge is -2.27. The van der Waals surface area contributed by atoms with E-state index in [4.69, 9.17) is 0 Å². The number of pyridine rings is 1. The van der Waals surface area contributed by atoms with Crippen molar-refractivity contribution in [3.8, 4) is 0 Å². The van der Waals surface area contributed by atoms with E-state index in [2.05, 4.69) is 27.6 Å². The summed E-state index contributed by atoms with van der Waals surface area (Å²) in [5.41, 5.74) is 0. The molecule has 90 valence electrons. The Morgan fingerprint density at radius 2 is 2.24 bits per heavy atom. The second kappa shape index (κ2) is 4.44. The molecule has 1 aromatic rings. The van der Waals surface area contributed by atoms with Crippen LogP contribution in [0, 0.1) is 3.57 Å². The standard InChI is InChI=1S/C12H14IN3O/c13-9-4-5-11(14-7-9)16-8-10-3-1-2-6-15(10)12(16)17/h4-5,7,10H,1-3,6,8H2. The Bertz CT molecular complexity index is 434. The molecule has 5 heteroatoms. The third-order valence-corrected chi connectivity index (χ3v) is 4.12. The second-order valence-electron chi connectivity index (χ2n) is 4.57. The van der Waals surface area contributed by atoms with Gasteiger partial charge in [-0.3, -0.25) is 4.90 Å². The normalized spacial score (nSPS) is 24.1. The predicted molar refractivity (Wildman–Crippen MR) is 74.0 cm³/mol. The average molecular weight is 343 g/mol. The summed E-state index contributed by atoms with van der Waals surface area (Å²) in [6.45, 7) is 1.71. The molecule has 0 spiro atoms. The zero-order valence-corrected chi connectivity index (χ0v) is 11.6. The molecule has 3 rings (SSSR count). The Hall–Kier alpha value is -0.850. The molecule has 0 N–H and O–H groups in total. The van der Waals surface area contributed by atoms with E-state index in [1.54, 1.807) is 6.20 Å². The highest BCUT2D eigenvalue weighted by atomic mass is 127. The largest absolute Gasteiger partial charge is 0.326 e. The van der Waals surface area contributed by atoms with Crippen LogP contribution < -0.4 is 4.90 Å². The molecule has 0 saturated carbocycles. The van der Waals surface area contributed by atoms with Gasteiger partial charge in [0, 0.05) is 22.9 Å². The number of rotatable bonds is 1. The third kappa shape index (κ3) is 2.00. The Morgan fingerprint density at radius 1 is 1.35 bits per heavy atom. The van der Waals surface area contributed by atoms with Crippen LogP contribution in [0.4, 0.5) is 10.6 Å². The lowest BCUT2D eigenvalue weighted by atomic mass is 10.0. The molecular formula is C12H14IN3O. The highest BCUT2D eigenvalue weighted by Crippen LogP contribution is 2.28. The number of hydrogen-bond donors (Lipinski definition) is 0. The van der Waals surface area contributed by atoms with Crippen molar-refractivity contribution in [3.63, 3.8) is 0 Å². The minimum absolute atomic E-state index is 0.128. The van der Waals surface area contributed by atoms with E-state index in [1.807, 2.05) is 21.9 Å². The van der Waals surface area contributed by atoms with Gasteiger partial charge in [-0.25, -0.2) is 9.78 Å². The van der Waals surface area contributed by atoms with Gasteiger partial charge in [-0.05, 0) is 54.0 Å². The summed E-state index contributed by atoms with van der Waals surface area (Å²) in [6, 6.07) is 4.45. The topological polar surface area (TPSA) is 36.4 Å². The van der Waals surface area contributed by atoms with Crippen molar-refractivity contribution in [3.05, 3.63) is 21.9 Å². The van der Waals surface area contributed by atoms with Crippen LogP contribution in [0.25, 0.3) is 0 Å². The van der Waals surface area contributed by atoms with Crippen LogP contribution in [0.1, 0.15) is 19.3 Å². The molecule has 17 heavy (non-hydrogen) atoms. The first kappa shape index (κ1) is 11.3. The third-order valence-electron chi connectivity index (χ3n) is 3.49. The molecule has 2 aliphatic heterocycles. The van der Waals surface area contributed by atoms with Gasteiger partial charge in [0.2, 0.25) is 0 Å². The molecule has 2 amide bonds. The zero-order valence-electron chi connectivity index (χ0n) is 9.47. The van der Waals surface area contributed by atoms with Crippen molar-refractivity contribution in [2.24, 2.45) is 0 Å². The summed E-state index contributed by atoms with van der Waals surface area (Å²) < 4.78 is 1.09. The van der Waals surface area contributed by atoms with Crippen LogP contribution in [-0.4, -0.2) is 35.0 Å². The van der Waals surface area contributed by atoms with Crippen LogP contribution in [-0.2, 0) is 0 Å². The van der Waals surface area contributed by atoms with Gasteiger partial charge in [0.15, 0.2) is 0 Å². The molecule has 4 nitrogen and oxygen atoms in total. The van der Waals surface area contributed by atoms with Crippen molar-refractivity contribution in [1.29, 1.82) is 0 Å². The van der Waals surface area contributed by atoms with Crippen LogP contribution in [0.5, 0.6) is 0 Å². The van der Waals surface area contributed by atoms with Crippen molar-refractivity contribution < 1.29 is 4.79 Å². The maximum Gasteiger partial charge on any atom is 0.326 e. The van der Waals surface area contributed by atoms with Gasteiger partial charge in [0.1, 0.15) is 5.82 Å². The maximum absolute atomic E-state index is 12.2. The molecule has 0 radical (unpaired) electrons. The van der Waals surface area contributed by atoms with Crippen molar-refractivity contribution >= 4 is 34.4 Å². The van der Waals surface area contributed by atoms with E-state index in [0.29, 0.717) is 6.04 Å². The molecule has 1 unspecified atom stereocenters. The number of fused-ring (bicyclic) bond motifs is 1. The lowest BCUT2D eigenvalue weighted by Crippen LogP contribution is -2.38. The summed E-state index contributed by atoms with van der Waals surface area (Å²) in [5.74, 6) is 0.782. The van der Waals surface area contributed by atoms with Gasteiger partial charge in [-0.2, -0.15) is 0 Å². The average Bonchev–Trinajstić information content (AvgIpc) is 2.69. The first-order valence-electron chi connectivity index (χ1n) is 5.95. The highest BCUT2D eigenvalue weighted by molar-refractivity contribution is 14.1. The predicted octanol–water partition coefficient (Wildman–Crippen LogP) is 2.48. The molecule has 3 heterocycles. The van der Waals surface area contributed by atoms with Gasteiger partial charge >= 0.3 is 6.03 Å². The number of amides is 2. The van der Waals surface area contributed by atoms with Gasteiger partial charge in [-0.15, -0.1) is 0 Å². The van der Waals surface area contributed by atoms with Crippen LogP contribution in [0.15, 0.2) is 18.3 Å². The summed E-state index contributed by atoms with van der Waals surface area (Å²) >= 11 is 2.22. The first-order chi connectivity index (χ1) is 8.25. The highest BCUT2D eigenvalue weighted by Gasteiger charge is 2.39. The zero-order chi connectivity index (χ0) is 11.8. The van der Waals surface area contributed by atoms with Crippen molar-refractivity contribution in [2.75, 3.05) is 18.0 Å². The number of carbonyl (C=O) groups is 1. The fraction of sp³-hybridized carbons (Fsp3) is 0.500. The van der Waals surface area contributed by atoms with Crippen LogP contribution in [0.2, 0.25) is 0 Å². The van der Waals surface area contributed by atoms with E-state index in [-0.39, 0.29) is 6.03 Å². The Balaban J connectivity index is 1.85. The number of halogens is 1. The quantitative estimate of drug-likeness (QED) is 0.735. The van der Waals surface area contributed by atoms with Crippen molar-refractivity contribution in [2.45, 2.75) is 25.3 Å². The Morgan fingerprint density at radius 3 is 2.94 bits per heavy atom. The number of anilines is 1. The summed E-state index contributed by atoms with van der Waals surface area (Å²) in [7, 11) is 0. The first-order valence-corrected chi connectivity index (χ1v) is 7.03. The summed E-state index contributed by atoms with van der Waals surface area (Å²) in [6.07, 6.45) is 5.31. The van der Waals surface area contributed by atoms with E-state index >= 15 is 0 Å². The number of urea groups is 1. The second-order valence-corrected chi connectivity index (χ2v) is 5.82. The van der Waals surface area contributed by atoms with E-state index in [9.17, 15) is 4.79 Å². The van der Waals surface area contributed by atoms with Gasteiger partial charge in [-0.1, -0.05) is 0 Å². The SMILES string of the molecule is O=C1N(c2ccc(I)cn2)CC2CCCCN12. The molecule has 1 aromatic heterocycles. The Labute approximate surface area is 114 Å². The molecule has 2 fully saturated rings. The number of hydrogen-bond acceptors (Lipinski definition) is 2. The smallest absolute Gasteiger partial charge is 0.320 e. The number of nitrogens with zero attached hydrogens (tertiary/aromatic N) is 3. The number of aromatic nitrogens is 1. The summed E-state index contributed by atoms with van der Waals surface area (Å²) in [5, 5.41) is 0. The molecule has 2 saturated heterocycles. The van der Waals surface area contributed by atoms with Gasteiger partial charge in [0.25, 0.3) is 0 Å². The van der Waals surface area contributed by atoms with Gasteiger partial charge < -0.3 is 4.90 Å². The lowest BCUT2D eigenvalue weighted by molar-refractivity contribution is 0.187. The summed E-state index contributed by atoms with van der Waals surface area (Å²) in [4.78, 5) is 20.4. The molecule has 0 bridgehead atoms. The van der Waals surface area contributed by atoms with E-state index in [1.165, 1.54) is 6.42 Å². The number of piperidine rings is 1. The fourth-order valence-corrected chi connectivity index (χ4v) is 2.92. The van der Waals surface area contributed by atoms with Crippen LogP contribution in [0.3, 0.4) is 0 Å². The molecular weight excluding hydrogens is 329 g/mol. The maximum atomic E-state index is 12.2. The van der Waals surface area contributed by atoms with Crippen LogP contribution >= 0.6 is 22.6 Å². The minimum atomic E-state index is 0.128. The molecule has 1 atom stereocenters. The number of carbonyl (C=O) groups excluding carboxylic acids is 1.